The van der Waals surface area contributed by atoms with E-state index in [-0.39, 0.29) is 11.3 Å². The van der Waals surface area contributed by atoms with Crippen molar-refractivity contribution in [3.8, 4) is 11.5 Å². The van der Waals surface area contributed by atoms with Crippen LogP contribution < -0.4 is 14.4 Å². The standard InChI is InChI=1S/C23H20N2O5S/c1-13-11-15(7-8-17(13)30-3)20(26)18-19(14-5-4-6-16(12-14)29-2)25(22(28)21(18)27)23-24-9-10-31-23/h4-12,19,26H,1-3H3. The summed E-state index contributed by atoms with van der Waals surface area (Å²) in [4.78, 5) is 31.6. The van der Waals surface area contributed by atoms with Crippen molar-refractivity contribution >= 4 is 33.9 Å². The summed E-state index contributed by atoms with van der Waals surface area (Å²) in [6.07, 6.45) is 1.56. The van der Waals surface area contributed by atoms with Gasteiger partial charge in [-0.3, -0.25) is 14.5 Å². The van der Waals surface area contributed by atoms with Gasteiger partial charge in [0.25, 0.3) is 5.78 Å². The Morgan fingerprint density at radius 1 is 1.13 bits per heavy atom. The first-order chi connectivity index (χ1) is 15.0. The van der Waals surface area contributed by atoms with Gasteiger partial charge in [0.2, 0.25) is 0 Å². The molecule has 4 rings (SSSR count). The number of aliphatic hydroxyl groups is 1. The number of carbonyl (C=O) groups excluding carboxylic acids is 2. The fourth-order valence-corrected chi connectivity index (χ4v) is 4.34. The molecule has 2 aromatic carbocycles. The minimum absolute atomic E-state index is 0.00183. The quantitative estimate of drug-likeness (QED) is 0.368. The topological polar surface area (TPSA) is 89.0 Å². The highest BCUT2D eigenvalue weighted by atomic mass is 32.1. The molecule has 1 aliphatic rings. The fourth-order valence-electron chi connectivity index (χ4n) is 3.67. The van der Waals surface area contributed by atoms with Gasteiger partial charge in [-0.1, -0.05) is 12.1 Å². The van der Waals surface area contributed by atoms with Gasteiger partial charge in [0, 0.05) is 17.1 Å². The number of methoxy groups -OCH3 is 2. The molecule has 1 aliphatic heterocycles. The molecular weight excluding hydrogens is 416 g/mol. The van der Waals surface area contributed by atoms with E-state index in [4.69, 9.17) is 9.47 Å². The van der Waals surface area contributed by atoms with Gasteiger partial charge in [-0.25, -0.2) is 4.98 Å². The molecule has 0 bridgehead atoms. The number of Topliss-reactive ketones (excluding diaryl/α,β-unsaturated/α-hetero) is 1. The zero-order valence-corrected chi connectivity index (χ0v) is 18.0. The zero-order valence-electron chi connectivity index (χ0n) is 17.2. The van der Waals surface area contributed by atoms with Crippen molar-refractivity contribution in [1.29, 1.82) is 0 Å². The van der Waals surface area contributed by atoms with E-state index in [0.717, 1.165) is 5.56 Å². The van der Waals surface area contributed by atoms with Gasteiger partial charge in [-0.2, -0.15) is 0 Å². The van der Waals surface area contributed by atoms with Crippen molar-refractivity contribution in [1.82, 2.24) is 4.98 Å². The summed E-state index contributed by atoms with van der Waals surface area (Å²) in [6.45, 7) is 1.84. The maximum absolute atomic E-state index is 13.1. The molecule has 1 fully saturated rings. The summed E-state index contributed by atoms with van der Waals surface area (Å²) >= 11 is 1.24. The van der Waals surface area contributed by atoms with Crippen LogP contribution in [0.15, 0.2) is 59.6 Å². The van der Waals surface area contributed by atoms with E-state index >= 15 is 0 Å². The third kappa shape index (κ3) is 3.55. The van der Waals surface area contributed by atoms with Crippen LogP contribution in [-0.2, 0) is 9.59 Å². The predicted octanol–water partition coefficient (Wildman–Crippen LogP) is 4.10. The molecule has 0 saturated carbocycles. The van der Waals surface area contributed by atoms with E-state index in [9.17, 15) is 14.7 Å². The molecule has 0 spiro atoms. The van der Waals surface area contributed by atoms with Crippen LogP contribution in [0.2, 0.25) is 0 Å². The first-order valence-electron chi connectivity index (χ1n) is 9.45. The highest BCUT2D eigenvalue weighted by Crippen LogP contribution is 2.43. The highest BCUT2D eigenvalue weighted by molar-refractivity contribution is 7.14. The molecule has 8 heteroatoms. The second kappa shape index (κ2) is 8.23. The lowest BCUT2D eigenvalue weighted by Gasteiger charge is -2.23. The Kier molecular flexibility index (Phi) is 5.48. The third-order valence-electron chi connectivity index (χ3n) is 5.15. The van der Waals surface area contributed by atoms with Crippen LogP contribution in [0.4, 0.5) is 5.13 Å². The number of ketones is 1. The van der Waals surface area contributed by atoms with Crippen molar-refractivity contribution in [2.24, 2.45) is 0 Å². The number of thiazole rings is 1. The van der Waals surface area contributed by atoms with Crippen LogP contribution in [0.1, 0.15) is 22.7 Å². The lowest BCUT2D eigenvalue weighted by Crippen LogP contribution is -2.29. The van der Waals surface area contributed by atoms with Gasteiger partial charge in [-0.15, -0.1) is 11.3 Å². The highest BCUT2D eigenvalue weighted by Gasteiger charge is 2.48. The van der Waals surface area contributed by atoms with E-state index < -0.39 is 17.7 Å². The fraction of sp³-hybridized carbons (Fsp3) is 0.174. The van der Waals surface area contributed by atoms with Crippen molar-refractivity contribution in [2.75, 3.05) is 19.1 Å². The van der Waals surface area contributed by atoms with Crippen LogP contribution in [0.5, 0.6) is 11.5 Å². The number of ether oxygens (including phenoxy) is 2. The number of amides is 1. The first-order valence-corrected chi connectivity index (χ1v) is 10.3. The van der Waals surface area contributed by atoms with Gasteiger partial charge in [0.15, 0.2) is 5.13 Å². The predicted molar refractivity (Wildman–Crippen MR) is 118 cm³/mol. The minimum atomic E-state index is -0.844. The SMILES string of the molecule is COc1cccc(C2C(=C(O)c3ccc(OC)c(C)c3)C(=O)C(=O)N2c2nccs2)c1. The molecule has 158 valence electrons. The van der Waals surface area contributed by atoms with E-state index in [0.29, 0.717) is 27.8 Å². The smallest absolute Gasteiger partial charge is 0.301 e. The first kappa shape index (κ1) is 20.6. The van der Waals surface area contributed by atoms with Crippen molar-refractivity contribution in [2.45, 2.75) is 13.0 Å². The number of carbonyl (C=O) groups is 2. The number of benzene rings is 2. The molecule has 1 atom stereocenters. The van der Waals surface area contributed by atoms with Crippen LogP contribution in [-0.4, -0.2) is 36.0 Å². The van der Waals surface area contributed by atoms with E-state index in [2.05, 4.69) is 4.98 Å². The summed E-state index contributed by atoms with van der Waals surface area (Å²) < 4.78 is 10.6. The van der Waals surface area contributed by atoms with Gasteiger partial charge in [0.05, 0.1) is 25.8 Å². The van der Waals surface area contributed by atoms with E-state index in [1.165, 1.54) is 23.3 Å². The molecule has 1 saturated heterocycles. The normalized spacial score (nSPS) is 17.8. The number of rotatable bonds is 5. The van der Waals surface area contributed by atoms with Crippen LogP contribution in [0.25, 0.3) is 5.76 Å². The van der Waals surface area contributed by atoms with Gasteiger partial charge in [0.1, 0.15) is 17.3 Å². The Bertz CT molecular complexity index is 1190. The third-order valence-corrected chi connectivity index (χ3v) is 5.92. The average molecular weight is 436 g/mol. The molecule has 1 unspecified atom stereocenters. The Morgan fingerprint density at radius 3 is 2.58 bits per heavy atom. The van der Waals surface area contributed by atoms with E-state index in [1.54, 1.807) is 61.2 Å². The molecule has 0 radical (unpaired) electrons. The molecule has 7 nitrogen and oxygen atoms in total. The second-order valence-electron chi connectivity index (χ2n) is 6.94. The summed E-state index contributed by atoms with van der Waals surface area (Å²) in [6, 6.07) is 11.3. The monoisotopic (exact) mass is 436 g/mol. The van der Waals surface area contributed by atoms with Gasteiger partial charge < -0.3 is 14.6 Å². The second-order valence-corrected chi connectivity index (χ2v) is 7.82. The van der Waals surface area contributed by atoms with Crippen LogP contribution >= 0.6 is 11.3 Å². The molecule has 1 N–H and O–H groups in total. The van der Waals surface area contributed by atoms with Gasteiger partial charge >= 0.3 is 5.91 Å². The number of hydrogen-bond donors (Lipinski definition) is 1. The molecule has 31 heavy (non-hydrogen) atoms. The minimum Gasteiger partial charge on any atom is -0.507 e. The van der Waals surface area contributed by atoms with Crippen molar-refractivity contribution in [3.63, 3.8) is 0 Å². The lowest BCUT2D eigenvalue weighted by molar-refractivity contribution is -0.132. The molecular formula is C23H20N2O5S. The zero-order chi connectivity index (χ0) is 22.1. The summed E-state index contributed by atoms with van der Waals surface area (Å²) in [5.74, 6) is -0.536. The number of nitrogens with zero attached hydrogens (tertiary/aromatic N) is 2. The largest absolute Gasteiger partial charge is 0.507 e. The number of aryl methyl sites for hydroxylation is 1. The Hall–Kier alpha value is -3.65. The van der Waals surface area contributed by atoms with Crippen molar-refractivity contribution in [3.05, 3.63) is 76.3 Å². The molecule has 3 aromatic rings. The van der Waals surface area contributed by atoms with E-state index in [1.807, 2.05) is 6.92 Å². The van der Waals surface area contributed by atoms with Gasteiger partial charge in [-0.05, 0) is 48.4 Å². The Morgan fingerprint density at radius 2 is 1.94 bits per heavy atom. The Labute approximate surface area is 183 Å². The summed E-state index contributed by atoms with van der Waals surface area (Å²) in [7, 11) is 3.10. The van der Waals surface area contributed by atoms with Crippen LogP contribution in [0.3, 0.4) is 0 Å². The Balaban J connectivity index is 1.93. The van der Waals surface area contributed by atoms with Crippen LogP contribution in [0, 0.1) is 6.92 Å². The maximum atomic E-state index is 13.1. The lowest BCUT2D eigenvalue weighted by atomic mass is 9.94. The average Bonchev–Trinajstić information content (AvgIpc) is 3.40. The maximum Gasteiger partial charge on any atom is 0.301 e. The number of anilines is 1. The summed E-state index contributed by atoms with van der Waals surface area (Å²) in [5, 5.41) is 13.3. The molecule has 1 aromatic heterocycles. The molecule has 2 heterocycles. The van der Waals surface area contributed by atoms with Crippen molar-refractivity contribution < 1.29 is 24.2 Å². The number of aliphatic hydroxyl groups excluding tert-OH is 1. The molecule has 0 aliphatic carbocycles. The summed E-state index contributed by atoms with van der Waals surface area (Å²) in [5.41, 5.74) is 1.83. The number of hydrogen-bond acceptors (Lipinski definition) is 7. The number of aromatic nitrogens is 1. The molecule has 1 amide bonds.